The van der Waals surface area contributed by atoms with E-state index in [1.165, 1.54) is 23.9 Å². The van der Waals surface area contributed by atoms with E-state index < -0.39 is 22.3 Å². The molecule has 2 heterocycles. The van der Waals surface area contributed by atoms with Crippen molar-refractivity contribution in [2.45, 2.75) is 0 Å². The van der Waals surface area contributed by atoms with Gasteiger partial charge in [0, 0.05) is 18.5 Å². The van der Waals surface area contributed by atoms with E-state index >= 15 is 0 Å². The van der Waals surface area contributed by atoms with E-state index in [2.05, 4.69) is 5.32 Å². The number of nitrogens with zero attached hydrogens (tertiary/aromatic N) is 2. The Kier molecular flexibility index (Phi) is 3.13. The minimum atomic E-state index is -1.04. The van der Waals surface area contributed by atoms with Crippen LogP contribution in [0, 0.1) is 15.9 Å². The number of anilines is 1. The maximum atomic E-state index is 14.3. The van der Waals surface area contributed by atoms with Gasteiger partial charge in [0.2, 0.25) is 5.82 Å². The molecular formula is C14H10FN3O4. The number of carbonyl (C=O) groups excluding carboxylic acids is 1. The summed E-state index contributed by atoms with van der Waals surface area (Å²) in [5.41, 5.74) is -0.564. The second-order valence-electron chi connectivity index (χ2n) is 4.57. The number of carbonyl (C=O) groups is 1. The number of nitro groups is 1. The fourth-order valence-corrected chi connectivity index (χ4v) is 2.24. The summed E-state index contributed by atoms with van der Waals surface area (Å²) in [6, 6.07) is 4.00. The number of aromatic nitrogens is 1. The normalized spacial score (nSPS) is 14.8. The molecule has 0 atom stereocenters. The first-order valence-corrected chi connectivity index (χ1v) is 6.23. The fraction of sp³-hybridized carbons (Fsp3) is 0.0714. The lowest BCUT2D eigenvalue weighted by atomic mass is 10.1. The van der Waals surface area contributed by atoms with Gasteiger partial charge in [0.25, 0.3) is 5.91 Å². The van der Waals surface area contributed by atoms with Crippen molar-refractivity contribution in [1.29, 1.82) is 0 Å². The second-order valence-corrected chi connectivity index (χ2v) is 4.57. The number of hydrogen-bond acceptors (Lipinski definition) is 4. The average Bonchev–Trinajstić information content (AvgIpc) is 3.05. The molecule has 3 rings (SSSR count). The average molecular weight is 303 g/mol. The van der Waals surface area contributed by atoms with E-state index in [0.717, 1.165) is 6.07 Å². The lowest BCUT2D eigenvalue weighted by Gasteiger charge is -2.02. The maximum Gasteiger partial charge on any atom is 0.305 e. The summed E-state index contributed by atoms with van der Waals surface area (Å²) < 4.78 is 20.8. The molecule has 0 radical (unpaired) electrons. The van der Waals surface area contributed by atoms with Crippen LogP contribution in [0.2, 0.25) is 0 Å². The maximum absolute atomic E-state index is 14.3. The molecule has 1 amide bonds. The SMILES string of the molecule is COc1ccn(C=C2C(=O)Nc3ccc([N+](=O)[O-])c(F)c32)c1. The highest BCUT2D eigenvalue weighted by molar-refractivity contribution is 6.34. The number of methoxy groups -OCH3 is 1. The Labute approximate surface area is 123 Å². The van der Waals surface area contributed by atoms with Crippen LogP contribution in [0.5, 0.6) is 5.75 Å². The zero-order chi connectivity index (χ0) is 15.9. The number of nitrogens with one attached hydrogen (secondary N) is 1. The van der Waals surface area contributed by atoms with Gasteiger partial charge in [-0.25, -0.2) is 0 Å². The Hall–Kier alpha value is -3.16. The molecule has 1 aliphatic rings. The van der Waals surface area contributed by atoms with E-state index in [4.69, 9.17) is 4.74 Å². The Balaban J connectivity index is 2.14. The molecule has 0 fully saturated rings. The van der Waals surface area contributed by atoms with Crippen molar-refractivity contribution in [2.75, 3.05) is 12.4 Å². The van der Waals surface area contributed by atoms with Crippen molar-refractivity contribution in [1.82, 2.24) is 4.57 Å². The number of amides is 1. The third kappa shape index (κ3) is 2.10. The van der Waals surface area contributed by atoms with Gasteiger partial charge in [0.05, 0.1) is 35.1 Å². The molecule has 0 saturated heterocycles. The highest BCUT2D eigenvalue weighted by atomic mass is 19.1. The standard InChI is InChI=1S/C14H10FN3O4/c1-22-8-4-5-17(6-8)7-9-12-10(16-14(9)19)2-3-11(13(12)15)18(20)21/h2-7H,1H3,(H,16,19). The summed E-state index contributed by atoms with van der Waals surface area (Å²) in [6.45, 7) is 0. The smallest absolute Gasteiger partial charge is 0.305 e. The number of nitro benzene ring substituents is 1. The van der Waals surface area contributed by atoms with Gasteiger partial charge in [-0.05, 0) is 12.1 Å². The van der Waals surface area contributed by atoms with E-state index in [9.17, 15) is 19.3 Å². The first-order chi connectivity index (χ1) is 10.5. The molecule has 0 bridgehead atoms. The highest BCUT2D eigenvalue weighted by Crippen LogP contribution is 2.38. The summed E-state index contributed by atoms with van der Waals surface area (Å²) in [5, 5.41) is 13.3. The van der Waals surface area contributed by atoms with Gasteiger partial charge in [0.15, 0.2) is 0 Å². The van der Waals surface area contributed by atoms with Crippen LogP contribution < -0.4 is 10.1 Å². The van der Waals surface area contributed by atoms with Crippen LogP contribution in [-0.2, 0) is 4.79 Å². The number of halogens is 1. The lowest BCUT2D eigenvalue weighted by Crippen LogP contribution is -2.04. The Morgan fingerprint density at radius 2 is 2.18 bits per heavy atom. The van der Waals surface area contributed by atoms with Gasteiger partial charge >= 0.3 is 5.69 Å². The molecule has 7 nitrogen and oxygen atoms in total. The second kappa shape index (κ2) is 4.99. The molecule has 1 aliphatic heterocycles. The molecular weight excluding hydrogens is 293 g/mol. The van der Waals surface area contributed by atoms with Crippen LogP contribution in [-0.4, -0.2) is 22.5 Å². The zero-order valence-electron chi connectivity index (χ0n) is 11.4. The van der Waals surface area contributed by atoms with Crippen molar-refractivity contribution in [2.24, 2.45) is 0 Å². The largest absolute Gasteiger partial charge is 0.495 e. The van der Waals surface area contributed by atoms with Crippen LogP contribution in [0.1, 0.15) is 5.56 Å². The third-order valence-corrected chi connectivity index (χ3v) is 3.28. The molecule has 112 valence electrons. The lowest BCUT2D eigenvalue weighted by molar-refractivity contribution is -0.387. The Bertz CT molecular complexity index is 825. The molecule has 22 heavy (non-hydrogen) atoms. The summed E-state index contributed by atoms with van der Waals surface area (Å²) in [4.78, 5) is 22.0. The van der Waals surface area contributed by atoms with Gasteiger partial charge in [-0.3, -0.25) is 14.9 Å². The summed E-state index contributed by atoms with van der Waals surface area (Å²) in [5.74, 6) is -0.997. The van der Waals surface area contributed by atoms with Crippen LogP contribution >= 0.6 is 0 Å². The molecule has 0 unspecified atom stereocenters. The monoisotopic (exact) mass is 303 g/mol. The van der Waals surface area contributed by atoms with E-state index in [1.807, 2.05) is 0 Å². The van der Waals surface area contributed by atoms with Crippen LogP contribution in [0.4, 0.5) is 15.8 Å². The van der Waals surface area contributed by atoms with Crippen LogP contribution in [0.3, 0.4) is 0 Å². The number of rotatable bonds is 3. The first kappa shape index (κ1) is 13.8. The minimum absolute atomic E-state index is 0.00875. The predicted octanol–water partition coefficient (Wildman–Crippen LogP) is 2.49. The highest BCUT2D eigenvalue weighted by Gasteiger charge is 2.32. The van der Waals surface area contributed by atoms with Gasteiger partial charge in [-0.2, -0.15) is 4.39 Å². The predicted molar refractivity (Wildman–Crippen MR) is 76.8 cm³/mol. The number of hydrogen-bond donors (Lipinski definition) is 1. The fourth-order valence-electron chi connectivity index (χ4n) is 2.24. The van der Waals surface area contributed by atoms with E-state index in [0.29, 0.717) is 5.75 Å². The Morgan fingerprint density at radius 1 is 1.41 bits per heavy atom. The zero-order valence-corrected chi connectivity index (χ0v) is 11.4. The molecule has 0 aliphatic carbocycles. The van der Waals surface area contributed by atoms with Crippen LogP contribution in [0.15, 0.2) is 30.6 Å². The summed E-state index contributed by atoms with van der Waals surface area (Å²) in [6.07, 6.45) is 4.59. The topological polar surface area (TPSA) is 86.4 Å². The quantitative estimate of drug-likeness (QED) is 0.536. The molecule has 8 heteroatoms. The first-order valence-electron chi connectivity index (χ1n) is 6.23. The van der Waals surface area contributed by atoms with Gasteiger partial charge in [-0.1, -0.05) is 0 Å². The van der Waals surface area contributed by atoms with Gasteiger partial charge in [-0.15, -0.1) is 0 Å². The van der Waals surface area contributed by atoms with Crippen molar-refractivity contribution < 1.29 is 18.8 Å². The van der Waals surface area contributed by atoms with E-state index in [1.54, 1.807) is 18.5 Å². The molecule has 0 saturated carbocycles. The molecule has 1 aromatic heterocycles. The van der Waals surface area contributed by atoms with Crippen molar-refractivity contribution in [3.05, 3.63) is 52.1 Å². The van der Waals surface area contributed by atoms with Gasteiger partial charge < -0.3 is 14.6 Å². The van der Waals surface area contributed by atoms with Crippen LogP contribution in [0.25, 0.3) is 11.8 Å². The molecule has 0 spiro atoms. The molecule has 1 aromatic carbocycles. The van der Waals surface area contributed by atoms with Crippen molar-refractivity contribution in [3.8, 4) is 5.75 Å². The van der Waals surface area contributed by atoms with Crippen molar-refractivity contribution >= 4 is 29.1 Å². The third-order valence-electron chi connectivity index (χ3n) is 3.28. The summed E-state index contributed by atoms with van der Waals surface area (Å²) in [7, 11) is 1.49. The number of fused-ring (bicyclic) bond motifs is 1. The Morgan fingerprint density at radius 3 is 2.82 bits per heavy atom. The molecule has 1 N–H and O–H groups in total. The summed E-state index contributed by atoms with van der Waals surface area (Å²) >= 11 is 0. The minimum Gasteiger partial charge on any atom is -0.495 e. The van der Waals surface area contributed by atoms with Gasteiger partial charge in [0.1, 0.15) is 5.75 Å². The van der Waals surface area contributed by atoms with E-state index in [-0.39, 0.29) is 16.8 Å². The molecule has 2 aromatic rings. The number of benzene rings is 1. The number of ether oxygens (including phenoxy) is 1. The van der Waals surface area contributed by atoms with Crippen molar-refractivity contribution in [3.63, 3.8) is 0 Å².